The number of carbonyl (C=O) groups is 3. The summed E-state index contributed by atoms with van der Waals surface area (Å²) in [4.78, 5) is 39.0. The summed E-state index contributed by atoms with van der Waals surface area (Å²) in [7, 11) is 0. The van der Waals surface area contributed by atoms with Crippen LogP contribution in [0.25, 0.3) is 10.9 Å². The molecule has 0 saturated heterocycles. The lowest BCUT2D eigenvalue weighted by Crippen LogP contribution is -2.24. The fourth-order valence-corrected chi connectivity index (χ4v) is 2.76. The molecule has 27 heavy (non-hydrogen) atoms. The molecule has 6 nitrogen and oxygen atoms in total. The largest absolute Gasteiger partial charge is 0.451 e. The van der Waals surface area contributed by atoms with Crippen molar-refractivity contribution in [1.82, 2.24) is 10.3 Å². The maximum absolute atomic E-state index is 12.7. The molecule has 0 aliphatic carbocycles. The molecule has 0 fully saturated rings. The van der Waals surface area contributed by atoms with E-state index in [-0.39, 0.29) is 11.7 Å². The summed E-state index contributed by atoms with van der Waals surface area (Å²) in [6.45, 7) is 3.39. The van der Waals surface area contributed by atoms with Crippen molar-refractivity contribution in [3.63, 3.8) is 0 Å². The molecule has 3 rings (SSSR count). The minimum absolute atomic E-state index is 0.122. The van der Waals surface area contributed by atoms with Gasteiger partial charge in [-0.1, -0.05) is 30.3 Å². The van der Waals surface area contributed by atoms with Crippen molar-refractivity contribution in [3.05, 3.63) is 71.4 Å². The van der Waals surface area contributed by atoms with Gasteiger partial charge in [-0.25, -0.2) is 4.79 Å². The molecule has 2 N–H and O–H groups in total. The molecule has 0 radical (unpaired) electrons. The van der Waals surface area contributed by atoms with E-state index in [9.17, 15) is 14.4 Å². The van der Waals surface area contributed by atoms with E-state index >= 15 is 0 Å². The Morgan fingerprint density at radius 3 is 2.48 bits per heavy atom. The lowest BCUT2D eigenvalue weighted by Gasteiger charge is -2.12. The number of carbonyl (C=O) groups excluding carboxylic acids is 3. The van der Waals surface area contributed by atoms with E-state index in [0.717, 1.165) is 16.5 Å². The van der Waals surface area contributed by atoms with Crippen LogP contribution in [-0.2, 0) is 16.1 Å². The number of hydrogen-bond donors (Lipinski definition) is 2. The summed E-state index contributed by atoms with van der Waals surface area (Å²) >= 11 is 0. The highest BCUT2D eigenvalue weighted by atomic mass is 16.5. The highest BCUT2D eigenvalue weighted by molar-refractivity contribution is 6.10. The smallest absolute Gasteiger partial charge is 0.338 e. The van der Waals surface area contributed by atoms with Gasteiger partial charge in [-0.15, -0.1) is 0 Å². The summed E-state index contributed by atoms with van der Waals surface area (Å²) in [6.07, 6.45) is 0.726. The fourth-order valence-electron chi connectivity index (χ4n) is 2.76. The minimum Gasteiger partial charge on any atom is -0.451 e. The Morgan fingerprint density at radius 2 is 1.78 bits per heavy atom. The number of benzene rings is 2. The van der Waals surface area contributed by atoms with Gasteiger partial charge in [0, 0.05) is 36.1 Å². The van der Waals surface area contributed by atoms with Crippen molar-refractivity contribution in [2.24, 2.45) is 0 Å². The molecule has 2 aromatic carbocycles. The molecule has 6 heteroatoms. The average Bonchev–Trinajstić information content (AvgIpc) is 3.10. The van der Waals surface area contributed by atoms with Gasteiger partial charge in [0.25, 0.3) is 0 Å². The molecular formula is C21H20N2O4. The first kappa shape index (κ1) is 18.4. The molecule has 1 aromatic heterocycles. The Morgan fingerprint density at radius 1 is 1.07 bits per heavy atom. The number of ether oxygens (including phenoxy) is 1. The van der Waals surface area contributed by atoms with Gasteiger partial charge >= 0.3 is 5.97 Å². The van der Waals surface area contributed by atoms with Crippen molar-refractivity contribution in [1.29, 1.82) is 0 Å². The highest BCUT2D eigenvalue weighted by Crippen LogP contribution is 2.20. The van der Waals surface area contributed by atoms with Gasteiger partial charge < -0.3 is 15.0 Å². The summed E-state index contributed by atoms with van der Waals surface area (Å²) in [5, 5.41) is 3.48. The SMILES string of the molecule is CC(=O)NCc1ccc(C(=O)O[C@@H](C)C(=O)c2c[nH]c3ccccc23)cc1. The Bertz CT molecular complexity index is 989. The third-order valence-electron chi connectivity index (χ3n) is 4.24. The fraction of sp³-hybridized carbons (Fsp3) is 0.190. The number of rotatable bonds is 6. The number of fused-ring (bicyclic) bond motifs is 1. The van der Waals surface area contributed by atoms with Gasteiger partial charge in [0.15, 0.2) is 6.10 Å². The number of nitrogens with one attached hydrogen (secondary N) is 2. The van der Waals surface area contributed by atoms with Crippen LogP contribution in [0.15, 0.2) is 54.7 Å². The predicted octanol–water partition coefficient (Wildman–Crippen LogP) is 3.23. The maximum atomic E-state index is 12.7. The first-order valence-electron chi connectivity index (χ1n) is 8.60. The zero-order valence-corrected chi connectivity index (χ0v) is 15.1. The van der Waals surface area contributed by atoms with Crippen LogP contribution in [0.1, 0.15) is 40.1 Å². The number of para-hydroxylation sites is 1. The van der Waals surface area contributed by atoms with Crippen molar-refractivity contribution < 1.29 is 19.1 Å². The molecule has 0 aliphatic rings. The molecule has 1 amide bonds. The number of aromatic amines is 1. The first-order valence-corrected chi connectivity index (χ1v) is 8.60. The molecule has 1 atom stereocenters. The van der Waals surface area contributed by atoms with E-state index in [4.69, 9.17) is 4.74 Å². The third kappa shape index (κ3) is 4.23. The lowest BCUT2D eigenvalue weighted by atomic mass is 10.1. The quantitative estimate of drug-likeness (QED) is 0.519. The van der Waals surface area contributed by atoms with E-state index in [1.165, 1.54) is 6.92 Å². The number of Topliss-reactive ketones (excluding diaryl/α,β-unsaturated/α-hetero) is 1. The van der Waals surface area contributed by atoms with Gasteiger partial charge in [0.1, 0.15) is 0 Å². The Hall–Kier alpha value is -3.41. The maximum Gasteiger partial charge on any atom is 0.338 e. The molecular weight excluding hydrogens is 344 g/mol. The van der Waals surface area contributed by atoms with Crippen LogP contribution >= 0.6 is 0 Å². The Kier molecular flexibility index (Phi) is 5.35. The number of esters is 1. The number of ketones is 1. The Balaban J connectivity index is 1.66. The van der Waals surface area contributed by atoms with Gasteiger partial charge in [0.05, 0.1) is 5.56 Å². The second kappa shape index (κ2) is 7.86. The average molecular weight is 364 g/mol. The van der Waals surface area contributed by atoms with Gasteiger partial charge in [0.2, 0.25) is 11.7 Å². The number of aromatic nitrogens is 1. The highest BCUT2D eigenvalue weighted by Gasteiger charge is 2.22. The number of H-pyrrole nitrogens is 1. The second-order valence-electron chi connectivity index (χ2n) is 6.27. The van der Waals surface area contributed by atoms with Crippen LogP contribution in [0.3, 0.4) is 0 Å². The van der Waals surface area contributed by atoms with Gasteiger partial charge in [-0.05, 0) is 30.7 Å². The molecule has 0 spiro atoms. The lowest BCUT2D eigenvalue weighted by molar-refractivity contribution is -0.119. The Labute approximate surface area is 156 Å². The van der Waals surface area contributed by atoms with Crippen LogP contribution in [-0.4, -0.2) is 28.7 Å². The molecule has 0 bridgehead atoms. The number of amides is 1. The molecule has 3 aromatic rings. The molecule has 0 aliphatic heterocycles. The zero-order valence-electron chi connectivity index (χ0n) is 15.1. The summed E-state index contributed by atoms with van der Waals surface area (Å²) in [5.74, 6) is -0.951. The first-order chi connectivity index (χ1) is 13.0. The molecule has 1 heterocycles. The van der Waals surface area contributed by atoms with E-state index in [2.05, 4.69) is 10.3 Å². The summed E-state index contributed by atoms with van der Waals surface area (Å²) < 4.78 is 5.34. The minimum atomic E-state index is -0.907. The molecule has 0 unspecified atom stereocenters. The second-order valence-corrected chi connectivity index (χ2v) is 6.27. The van der Waals surface area contributed by atoms with Crippen molar-refractivity contribution >= 4 is 28.6 Å². The molecule has 138 valence electrons. The van der Waals surface area contributed by atoms with Gasteiger partial charge in [-0.3, -0.25) is 9.59 Å². The predicted molar refractivity (Wildman–Crippen MR) is 101 cm³/mol. The van der Waals surface area contributed by atoms with Crippen molar-refractivity contribution in [2.45, 2.75) is 26.5 Å². The standard InChI is InChI=1S/C21H20N2O4/c1-13(20(25)18-12-23-19-6-4-3-5-17(18)19)27-21(26)16-9-7-15(8-10-16)11-22-14(2)24/h3-10,12-13,23H,11H2,1-2H3,(H,22,24)/t13-/m0/s1. The monoisotopic (exact) mass is 364 g/mol. The summed E-state index contributed by atoms with van der Waals surface area (Å²) in [5.41, 5.74) is 2.57. The van der Waals surface area contributed by atoms with E-state index < -0.39 is 12.1 Å². The topological polar surface area (TPSA) is 88.3 Å². The normalized spacial score (nSPS) is 11.8. The van der Waals surface area contributed by atoms with Crippen LogP contribution < -0.4 is 5.32 Å². The van der Waals surface area contributed by atoms with Crippen LogP contribution in [0.5, 0.6) is 0 Å². The van der Waals surface area contributed by atoms with Crippen molar-refractivity contribution in [3.8, 4) is 0 Å². The summed E-state index contributed by atoms with van der Waals surface area (Å²) in [6, 6.07) is 14.2. The van der Waals surface area contributed by atoms with Crippen molar-refractivity contribution in [2.75, 3.05) is 0 Å². The number of hydrogen-bond acceptors (Lipinski definition) is 4. The van der Waals surface area contributed by atoms with Gasteiger partial charge in [-0.2, -0.15) is 0 Å². The molecule has 0 saturated carbocycles. The van der Waals surface area contributed by atoms with Crippen LogP contribution in [0, 0.1) is 0 Å². The van der Waals surface area contributed by atoms with E-state index in [1.54, 1.807) is 37.4 Å². The van der Waals surface area contributed by atoms with Crippen LogP contribution in [0.2, 0.25) is 0 Å². The van der Waals surface area contributed by atoms with Crippen LogP contribution in [0.4, 0.5) is 0 Å². The van der Waals surface area contributed by atoms with E-state index in [0.29, 0.717) is 17.7 Å². The third-order valence-corrected chi connectivity index (χ3v) is 4.24. The zero-order chi connectivity index (χ0) is 19.4. The van der Waals surface area contributed by atoms with E-state index in [1.807, 2.05) is 24.3 Å².